The van der Waals surface area contributed by atoms with E-state index in [4.69, 9.17) is 35.4 Å². The van der Waals surface area contributed by atoms with Gasteiger partial charge in [0.15, 0.2) is 6.29 Å². The van der Waals surface area contributed by atoms with Crippen LogP contribution in [0.3, 0.4) is 0 Å². The fourth-order valence-electron chi connectivity index (χ4n) is 0.822. The Morgan fingerprint density at radius 3 is 1.55 bits per heavy atom. The van der Waals surface area contributed by atoms with E-state index in [1.165, 1.54) is 0 Å². The van der Waals surface area contributed by atoms with E-state index < -0.39 is 31.0 Å². The third-order valence-electron chi connectivity index (χ3n) is 1.83. The molecule has 4 atom stereocenters. The summed E-state index contributed by atoms with van der Waals surface area (Å²) in [5, 5.41) is 51.1. The summed E-state index contributed by atoms with van der Waals surface area (Å²) in [4.78, 5) is 9.90. The molecule has 0 radical (unpaired) electrons. The van der Waals surface area contributed by atoms with E-state index in [9.17, 15) is 4.79 Å². The molecular weight excluding hydrogens is 272 g/mol. The number of rotatable bonds is 7. The molecule has 6 N–H and O–H groups in total. The smallest absolute Gasteiger partial charge is 0.151 e. The highest BCUT2D eigenvalue weighted by molar-refractivity contribution is 5.56. The van der Waals surface area contributed by atoms with Crippen LogP contribution in [0.4, 0.5) is 0 Å². The molecule has 0 aliphatic carbocycles. The van der Waals surface area contributed by atoms with Gasteiger partial charge in [-0.05, 0) is 20.8 Å². The Kier molecular flexibility index (Phi) is 22.4. The maximum atomic E-state index is 9.90. The standard InChI is InChI=1S/C6H12O6.C4H10O.C2H6O/c7-1-3(9)5(11)6(12)4(10)2-8;1-3-5-4-2;1-2-3/h1,3-6,8-12H,2H2;3-4H2,1-2H3;3H,2H2,1H3/t3-,4+,5+,6+;;/m0../s1. The van der Waals surface area contributed by atoms with E-state index in [0.29, 0.717) is 0 Å². The average Bonchev–Trinajstić information content (AvgIpc) is 2.46. The number of ether oxygens (including phenoxy) is 1. The zero-order chi connectivity index (χ0) is 16.6. The molecule has 0 heterocycles. The molecule has 0 spiro atoms. The third kappa shape index (κ3) is 15.4. The Bertz CT molecular complexity index is 188. The molecule has 124 valence electrons. The van der Waals surface area contributed by atoms with Gasteiger partial charge in [0.05, 0.1) is 6.61 Å². The molecule has 0 fully saturated rings. The van der Waals surface area contributed by atoms with Gasteiger partial charge in [0, 0.05) is 19.8 Å². The van der Waals surface area contributed by atoms with E-state index >= 15 is 0 Å². The van der Waals surface area contributed by atoms with Crippen molar-refractivity contribution in [1.29, 1.82) is 0 Å². The van der Waals surface area contributed by atoms with Crippen LogP contribution >= 0.6 is 0 Å². The van der Waals surface area contributed by atoms with Crippen molar-refractivity contribution in [2.75, 3.05) is 26.4 Å². The number of carbonyl (C=O) groups excluding carboxylic acids is 1. The SMILES string of the molecule is CCO.CCOCC.O=C[C@H](O)[C@@H](O)[C@H](O)[C@H](O)CO. The molecule has 20 heavy (non-hydrogen) atoms. The molecule has 0 bridgehead atoms. The van der Waals surface area contributed by atoms with E-state index in [1.807, 2.05) is 13.8 Å². The highest BCUT2D eigenvalue weighted by Gasteiger charge is 2.29. The van der Waals surface area contributed by atoms with Crippen molar-refractivity contribution in [3.8, 4) is 0 Å². The maximum Gasteiger partial charge on any atom is 0.151 e. The van der Waals surface area contributed by atoms with Gasteiger partial charge in [0.1, 0.15) is 24.4 Å². The van der Waals surface area contributed by atoms with Gasteiger partial charge < -0.3 is 40.2 Å². The molecule has 0 saturated carbocycles. The largest absolute Gasteiger partial charge is 0.397 e. The lowest BCUT2D eigenvalue weighted by Gasteiger charge is -2.22. The first kappa shape index (κ1) is 24.4. The van der Waals surface area contributed by atoms with E-state index in [2.05, 4.69) is 0 Å². The summed E-state index contributed by atoms with van der Waals surface area (Å²) in [5.41, 5.74) is 0. The van der Waals surface area contributed by atoms with Crippen molar-refractivity contribution in [2.45, 2.75) is 45.2 Å². The normalized spacial score (nSPS) is 15.7. The summed E-state index contributed by atoms with van der Waals surface area (Å²) >= 11 is 0. The fourth-order valence-corrected chi connectivity index (χ4v) is 0.822. The highest BCUT2D eigenvalue weighted by atomic mass is 16.5. The van der Waals surface area contributed by atoms with Gasteiger partial charge in [-0.25, -0.2) is 0 Å². The van der Waals surface area contributed by atoms with Crippen LogP contribution in [0.2, 0.25) is 0 Å². The molecule has 8 heteroatoms. The number of aliphatic hydroxyl groups excluding tert-OH is 6. The monoisotopic (exact) mass is 300 g/mol. The molecule has 0 aliphatic heterocycles. The molecule has 0 saturated heterocycles. The molecule has 0 amide bonds. The Morgan fingerprint density at radius 2 is 1.35 bits per heavy atom. The molecule has 0 aliphatic rings. The summed E-state index contributed by atoms with van der Waals surface area (Å²) in [6.45, 7) is 6.84. The van der Waals surface area contributed by atoms with Crippen LogP contribution in [0.25, 0.3) is 0 Å². The lowest BCUT2D eigenvalue weighted by molar-refractivity contribution is -0.136. The van der Waals surface area contributed by atoms with Gasteiger partial charge in [-0.3, -0.25) is 0 Å². The predicted octanol–water partition coefficient (Wildman–Crippen LogP) is -2.34. The number of carbonyl (C=O) groups is 1. The van der Waals surface area contributed by atoms with Gasteiger partial charge >= 0.3 is 0 Å². The summed E-state index contributed by atoms with van der Waals surface area (Å²) < 4.78 is 4.83. The molecule has 0 aromatic heterocycles. The van der Waals surface area contributed by atoms with Crippen LogP contribution in [-0.4, -0.2) is 87.8 Å². The number of hydrogen-bond donors (Lipinski definition) is 6. The minimum Gasteiger partial charge on any atom is -0.397 e. The number of aliphatic hydroxyl groups is 6. The van der Waals surface area contributed by atoms with Gasteiger partial charge in [0.25, 0.3) is 0 Å². The summed E-state index contributed by atoms with van der Waals surface area (Å²) in [6, 6.07) is 0. The van der Waals surface area contributed by atoms with Crippen molar-refractivity contribution >= 4 is 6.29 Å². The van der Waals surface area contributed by atoms with Crippen molar-refractivity contribution in [3.05, 3.63) is 0 Å². The van der Waals surface area contributed by atoms with Gasteiger partial charge in [0.2, 0.25) is 0 Å². The average molecular weight is 300 g/mol. The van der Waals surface area contributed by atoms with Crippen LogP contribution in [0.15, 0.2) is 0 Å². The second kappa shape index (κ2) is 18.4. The Labute approximate surface area is 119 Å². The highest BCUT2D eigenvalue weighted by Crippen LogP contribution is 2.02. The van der Waals surface area contributed by atoms with Crippen molar-refractivity contribution in [3.63, 3.8) is 0 Å². The zero-order valence-corrected chi connectivity index (χ0v) is 12.2. The molecule has 0 aromatic rings. The quantitative estimate of drug-likeness (QED) is 0.287. The summed E-state index contributed by atoms with van der Waals surface area (Å²) in [5.74, 6) is 0. The second-order valence-corrected chi connectivity index (χ2v) is 3.46. The lowest BCUT2D eigenvalue weighted by atomic mass is 10.0. The maximum absolute atomic E-state index is 9.90. The van der Waals surface area contributed by atoms with Gasteiger partial charge in [-0.1, -0.05) is 0 Å². The molecule has 0 aromatic carbocycles. The molecular formula is C12H28O8. The molecule has 0 rings (SSSR count). The van der Waals surface area contributed by atoms with E-state index in [0.717, 1.165) is 13.2 Å². The van der Waals surface area contributed by atoms with Crippen molar-refractivity contribution < 1.29 is 40.2 Å². The van der Waals surface area contributed by atoms with Crippen LogP contribution in [0.1, 0.15) is 20.8 Å². The van der Waals surface area contributed by atoms with Gasteiger partial charge in [-0.2, -0.15) is 0 Å². The minimum atomic E-state index is -1.79. The van der Waals surface area contributed by atoms with E-state index in [-0.39, 0.29) is 12.9 Å². The summed E-state index contributed by atoms with van der Waals surface area (Å²) in [7, 11) is 0. The van der Waals surface area contributed by atoms with Crippen molar-refractivity contribution in [2.24, 2.45) is 0 Å². The lowest BCUT2D eigenvalue weighted by Crippen LogP contribution is -2.46. The van der Waals surface area contributed by atoms with Crippen LogP contribution in [0.5, 0.6) is 0 Å². The Morgan fingerprint density at radius 1 is 0.950 bits per heavy atom. The number of hydrogen-bond acceptors (Lipinski definition) is 8. The van der Waals surface area contributed by atoms with Crippen LogP contribution in [0, 0.1) is 0 Å². The first-order valence-corrected chi connectivity index (χ1v) is 6.34. The van der Waals surface area contributed by atoms with Gasteiger partial charge in [-0.15, -0.1) is 0 Å². The Balaban J connectivity index is -0.000000299. The number of aldehydes is 1. The first-order chi connectivity index (χ1) is 9.37. The molecule has 8 nitrogen and oxygen atoms in total. The third-order valence-corrected chi connectivity index (χ3v) is 1.83. The topological polar surface area (TPSA) is 148 Å². The zero-order valence-electron chi connectivity index (χ0n) is 12.2. The first-order valence-electron chi connectivity index (χ1n) is 6.34. The minimum absolute atomic E-state index is 0.0258. The fraction of sp³-hybridized carbons (Fsp3) is 0.917. The van der Waals surface area contributed by atoms with E-state index in [1.54, 1.807) is 6.92 Å². The molecule has 0 unspecified atom stereocenters. The van der Waals surface area contributed by atoms with Crippen LogP contribution in [-0.2, 0) is 9.53 Å². The summed E-state index contributed by atoms with van der Waals surface area (Å²) in [6.07, 6.45) is -6.84. The van der Waals surface area contributed by atoms with Crippen molar-refractivity contribution in [1.82, 2.24) is 0 Å². The second-order valence-electron chi connectivity index (χ2n) is 3.46. The Hall–Kier alpha value is -0.610. The van der Waals surface area contributed by atoms with Crippen LogP contribution < -0.4 is 0 Å². The predicted molar refractivity (Wildman–Crippen MR) is 72.1 cm³/mol.